The Hall–Kier alpha value is -5.57. The van der Waals surface area contributed by atoms with Gasteiger partial charge < -0.3 is 30.1 Å². The van der Waals surface area contributed by atoms with Crippen molar-refractivity contribution in [2.24, 2.45) is 16.8 Å². The van der Waals surface area contributed by atoms with Crippen molar-refractivity contribution in [2.45, 2.75) is 112 Å². The van der Waals surface area contributed by atoms with Crippen LogP contribution < -0.4 is 15.4 Å². The monoisotopic (exact) mass is 829 g/mol. The van der Waals surface area contributed by atoms with Crippen LogP contribution in [0.5, 0.6) is 11.5 Å². The molecule has 0 radical (unpaired) electrons. The van der Waals surface area contributed by atoms with Gasteiger partial charge in [-0.1, -0.05) is 146 Å². The summed E-state index contributed by atoms with van der Waals surface area (Å²) >= 11 is 0. The van der Waals surface area contributed by atoms with E-state index in [1.165, 1.54) is 39.2 Å². The van der Waals surface area contributed by atoms with Gasteiger partial charge >= 0.3 is 6.09 Å². The quantitative estimate of drug-likeness (QED) is 0.0569. The summed E-state index contributed by atoms with van der Waals surface area (Å²) in [6.07, 6.45) is 12.0. The number of ether oxygens (including phenoxy) is 2. The summed E-state index contributed by atoms with van der Waals surface area (Å²) in [6, 6.07) is 18.8. The highest BCUT2D eigenvalue weighted by Gasteiger charge is 2.30. The largest absolute Gasteiger partial charge is 0.504 e. The van der Waals surface area contributed by atoms with Crippen LogP contribution in [0, 0.1) is 18.8 Å². The first-order chi connectivity index (χ1) is 29.4. The predicted molar refractivity (Wildman–Crippen MR) is 253 cm³/mol. The molecule has 4 aromatic rings. The number of aromatic hydroxyl groups is 1. The average molecular weight is 829 g/mol. The van der Waals surface area contributed by atoms with Crippen molar-refractivity contribution in [2.75, 3.05) is 32.1 Å². The number of phenols is 1. The molecule has 0 unspecified atom stereocenters. The predicted octanol–water partition coefficient (Wildman–Crippen LogP) is 12.6. The molecule has 0 spiro atoms. The molecule has 0 saturated carbocycles. The van der Waals surface area contributed by atoms with E-state index >= 15 is 0 Å². The molecule has 4 aromatic carbocycles. The summed E-state index contributed by atoms with van der Waals surface area (Å²) < 4.78 is 11.4. The first-order valence-corrected chi connectivity index (χ1v) is 22.3. The lowest BCUT2D eigenvalue weighted by atomic mass is 9.86. The molecule has 2 atom stereocenters. The minimum atomic E-state index is -0.914. The highest BCUT2D eigenvalue weighted by molar-refractivity contribution is 6.10. The minimum Gasteiger partial charge on any atom is -0.504 e. The van der Waals surface area contributed by atoms with Crippen molar-refractivity contribution < 1.29 is 24.2 Å². The van der Waals surface area contributed by atoms with Crippen LogP contribution in [0.4, 0.5) is 10.5 Å². The molecule has 1 heterocycles. The number of alkyl carbamates (subject to hydrolysis) is 1. The molecule has 0 aromatic heterocycles. The number of hydrogen-bond donors (Lipinski definition) is 3. The van der Waals surface area contributed by atoms with E-state index < -0.39 is 12.1 Å². The lowest BCUT2D eigenvalue weighted by molar-refractivity contribution is -0.133. The van der Waals surface area contributed by atoms with E-state index in [0.29, 0.717) is 30.8 Å². The van der Waals surface area contributed by atoms with Crippen molar-refractivity contribution in [3.8, 4) is 22.6 Å². The van der Waals surface area contributed by atoms with E-state index in [9.17, 15) is 14.7 Å². The van der Waals surface area contributed by atoms with Crippen molar-refractivity contribution in [3.05, 3.63) is 101 Å². The minimum absolute atomic E-state index is 0.143. The maximum atomic E-state index is 14.3. The summed E-state index contributed by atoms with van der Waals surface area (Å²) in [5, 5.41) is 20.1. The summed E-state index contributed by atoms with van der Waals surface area (Å²) in [5.74, 6) is 1.31. The summed E-state index contributed by atoms with van der Waals surface area (Å²) in [6.45, 7) is 21.0. The van der Waals surface area contributed by atoms with E-state index in [4.69, 9.17) is 14.5 Å². The van der Waals surface area contributed by atoms with Gasteiger partial charge in [-0.25, -0.2) is 4.79 Å². The summed E-state index contributed by atoms with van der Waals surface area (Å²) in [5.41, 5.74) is 8.97. The molecule has 5 rings (SSSR count). The van der Waals surface area contributed by atoms with Gasteiger partial charge in [0.25, 0.3) is 0 Å². The highest BCUT2D eigenvalue weighted by Crippen LogP contribution is 2.52. The molecule has 9 nitrogen and oxygen atoms in total. The van der Waals surface area contributed by atoms with Crippen molar-refractivity contribution >= 4 is 45.9 Å². The number of anilines is 1. The molecule has 2 amide bonds. The van der Waals surface area contributed by atoms with Crippen LogP contribution in [0.3, 0.4) is 0 Å². The number of fused-ring (bicyclic) bond motifs is 4. The number of amides is 2. The fourth-order valence-corrected chi connectivity index (χ4v) is 8.42. The molecular weight excluding hydrogens is 761 g/mol. The number of benzene rings is 4. The second-order valence-electron chi connectivity index (χ2n) is 16.9. The van der Waals surface area contributed by atoms with Crippen LogP contribution in [-0.4, -0.2) is 54.5 Å². The fourth-order valence-electron chi connectivity index (χ4n) is 8.42. The molecule has 326 valence electrons. The summed E-state index contributed by atoms with van der Waals surface area (Å²) in [7, 11) is 1.29. The number of allylic oxidation sites excluding steroid dienone is 1. The van der Waals surface area contributed by atoms with Crippen LogP contribution in [0.25, 0.3) is 33.7 Å². The van der Waals surface area contributed by atoms with Gasteiger partial charge in [-0.05, 0) is 77.8 Å². The van der Waals surface area contributed by atoms with Gasteiger partial charge in [0, 0.05) is 35.6 Å². The van der Waals surface area contributed by atoms with Crippen molar-refractivity contribution in [3.63, 3.8) is 0 Å². The van der Waals surface area contributed by atoms with Gasteiger partial charge in [0.1, 0.15) is 12.6 Å². The zero-order valence-corrected chi connectivity index (χ0v) is 37.8. The van der Waals surface area contributed by atoms with E-state index in [0.717, 1.165) is 86.6 Å². The number of nitrogens with zero attached hydrogens (tertiary/aromatic N) is 2. The molecule has 61 heavy (non-hydrogen) atoms. The first-order valence-electron chi connectivity index (χ1n) is 22.3. The van der Waals surface area contributed by atoms with Gasteiger partial charge in [-0.2, -0.15) is 0 Å². The second-order valence-corrected chi connectivity index (χ2v) is 16.9. The molecule has 0 fully saturated rings. The Bertz CT molecular complexity index is 2210. The van der Waals surface area contributed by atoms with Gasteiger partial charge in [0.15, 0.2) is 11.5 Å². The first kappa shape index (κ1) is 46.5. The molecule has 1 aliphatic heterocycles. The Morgan fingerprint density at radius 2 is 1.77 bits per heavy atom. The van der Waals surface area contributed by atoms with Crippen LogP contribution in [0.1, 0.15) is 127 Å². The number of aliphatic imine (C=N–C) groups is 1. The Labute approximate surface area is 364 Å². The SMILES string of the molecule is C=Cc1c2c(c(O)c3c(NCCCC[C@H](C)CCCC)c(C)ccc13)OCc1cc(/C(=C/C)N=C(CCC)CN(CC(C)C)C(=O)[C@H](NC(=O)OC)c3ccccc3)ccc1-2. The van der Waals surface area contributed by atoms with Crippen LogP contribution in [0.15, 0.2) is 78.3 Å². The Balaban J connectivity index is 1.45. The number of nitrogens with one attached hydrogen (secondary N) is 2. The zero-order valence-electron chi connectivity index (χ0n) is 37.8. The molecule has 3 N–H and O–H groups in total. The maximum Gasteiger partial charge on any atom is 0.407 e. The van der Waals surface area contributed by atoms with Gasteiger partial charge in [-0.3, -0.25) is 9.79 Å². The number of aryl methyl sites for hydroxylation is 1. The topological polar surface area (TPSA) is 112 Å². The third-order valence-corrected chi connectivity index (χ3v) is 11.6. The number of unbranched alkanes of at least 4 members (excludes halogenated alkanes) is 2. The van der Waals surface area contributed by atoms with Gasteiger partial charge in [-0.15, -0.1) is 0 Å². The number of carbonyl (C=O) groups excluding carboxylic acids is 2. The number of rotatable bonds is 21. The molecule has 9 heteroatoms. The van der Waals surface area contributed by atoms with E-state index in [-0.39, 0.29) is 24.2 Å². The Morgan fingerprint density at radius 3 is 2.44 bits per heavy atom. The number of phenolic OH excluding ortho intramolecular Hbond substituents is 1. The zero-order chi connectivity index (χ0) is 44.1. The maximum absolute atomic E-state index is 14.3. The lowest BCUT2D eigenvalue weighted by Crippen LogP contribution is -2.46. The smallest absolute Gasteiger partial charge is 0.407 e. The molecule has 0 bridgehead atoms. The summed E-state index contributed by atoms with van der Waals surface area (Å²) in [4.78, 5) is 33.8. The number of hydrogen-bond acceptors (Lipinski definition) is 7. The standard InChI is InChI=1S/C52H68N4O5/c1-10-14-21-35(7)22-18-19-29-53-47-36(8)25-27-43-41(12-3)45-42-28-26-38(30-39(42)33-61-50(45)49(57)46(43)47)44(13-4)54-40(20-11-2)32-56(31-34(5)6)51(58)48(55-52(59)60-9)37-23-16-15-17-24-37/h12-13,15-17,23-28,30,34-35,48,53,57H,3,10-11,14,18-22,29,31-33H2,1-2,4-9H3,(H,55,59)/b44-13-,54-40?/t35-,48-/m1/s1. The molecule has 1 aliphatic rings. The van der Waals surface area contributed by atoms with Crippen LogP contribution in [0.2, 0.25) is 0 Å². The van der Waals surface area contributed by atoms with Crippen molar-refractivity contribution in [1.29, 1.82) is 0 Å². The molecular formula is C52H68N4O5. The number of carbonyl (C=O) groups is 2. The Kier molecular flexibility index (Phi) is 17.0. The van der Waals surface area contributed by atoms with E-state index in [1.807, 2.05) is 49.4 Å². The third kappa shape index (κ3) is 11.4. The second kappa shape index (κ2) is 22.3. The third-order valence-electron chi connectivity index (χ3n) is 11.6. The molecule has 0 saturated heterocycles. The van der Waals surface area contributed by atoms with E-state index in [2.05, 4.69) is 89.1 Å². The normalized spacial score (nSPS) is 13.5. The van der Waals surface area contributed by atoms with Crippen LogP contribution in [-0.2, 0) is 16.1 Å². The van der Waals surface area contributed by atoms with E-state index in [1.54, 1.807) is 4.90 Å². The fraction of sp³-hybridized carbons (Fsp3) is 0.442. The Morgan fingerprint density at radius 1 is 1.02 bits per heavy atom. The lowest BCUT2D eigenvalue weighted by Gasteiger charge is -2.30. The number of methoxy groups -OCH3 is 1. The van der Waals surface area contributed by atoms with Crippen molar-refractivity contribution in [1.82, 2.24) is 10.2 Å². The van der Waals surface area contributed by atoms with Gasteiger partial charge in [0.2, 0.25) is 5.91 Å². The highest BCUT2D eigenvalue weighted by atomic mass is 16.5. The average Bonchev–Trinajstić information content (AvgIpc) is 3.26. The molecule has 0 aliphatic carbocycles. The van der Waals surface area contributed by atoms with Crippen LogP contribution >= 0.6 is 0 Å². The van der Waals surface area contributed by atoms with Gasteiger partial charge in [0.05, 0.1) is 24.7 Å².